The van der Waals surface area contributed by atoms with Crippen LogP contribution >= 0.6 is 0 Å². The first-order chi connectivity index (χ1) is 17.7. The number of anilines is 1. The predicted octanol–water partition coefficient (Wildman–Crippen LogP) is 6.27. The summed E-state index contributed by atoms with van der Waals surface area (Å²) in [5.74, 6) is 0.756. The molecule has 1 fully saturated rings. The van der Waals surface area contributed by atoms with E-state index in [2.05, 4.69) is 9.88 Å². The number of furan rings is 1. The average molecular weight is 507 g/mol. The van der Waals surface area contributed by atoms with E-state index < -0.39 is 17.3 Å². The molecule has 1 saturated heterocycles. The molecule has 8 heteroatoms. The number of hydrogen-bond donors (Lipinski definition) is 1. The zero-order valence-electron chi connectivity index (χ0n) is 19.9. The van der Waals surface area contributed by atoms with Crippen molar-refractivity contribution in [1.29, 1.82) is 0 Å². The van der Waals surface area contributed by atoms with Gasteiger partial charge in [0.15, 0.2) is 5.76 Å². The van der Waals surface area contributed by atoms with Gasteiger partial charge in [0.05, 0.1) is 11.2 Å². The highest BCUT2D eigenvalue weighted by Crippen LogP contribution is 2.34. The largest absolute Gasteiger partial charge is 0.453 e. The molecule has 2 aromatic heterocycles. The van der Waals surface area contributed by atoms with Gasteiger partial charge in [0, 0.05) is 31.3 Å². The van der Waals surface area contributed by atoms with Crippen LogP contribution in [0.4, 0.5) is 19.0 Å². The number of carbonyl (C=O) groups is 1. The maximum atomic E-state index is 13.0. The summed E-state index contributed by atoms with van der Waals surface area (Å²) in [5, 5.41) is 11.0. The lowest BCUT2D eigenvalue weighted by Gasteiger charge is -2.39. The van der Waals surface area contributed by atoms with Crippen molar-refractivity contribution >= 4 is 11.6 Å². The van der Waals surface area contributed by atoms with Crippen molar-refractivity contribution in [2.45, 2.75) is 31.0 Å². The van der Waals surface area contributed by atoms with Gasteiger partial charge in [-0.15, -0.1) is 0 Å². The molecule has 3 heterocycles. The molecule has 1 N–H and O–H groups in total. The highest BCUT2D eigenvalue weighted by Gasteiger charge is 2.34. The van der Waals surface area contributed by atoms with Crippen molar-refractivity contribution < 1.29 is 27.5 Å². The van der Waals surface area contributed by atoms with Crippen molar-refractivity contribution in [1.82, 2.24) is 4.98 Å². The Morgan fingerprint density at radius 2 is 1.73 bits per heavy atom. The molecule has 0 spiro atoms. The van der Waals surface area contributed by atoms with Crippen LogP contribution in [0.3, 0.4) is 0 Å². The van der Waals surface area contributed by atoms with E-state index in [1.165, 1.54) is 24.3 Å². The summed E-state index contributed by atoms with van der Waals surface area (Å²) in [4.78, 5) is 19.4. The van der Waals surface area contributed by atoms with Crippen molar-refractivity contribution in [3.05, 3.63) is 108 Å². The number of Topliss-reactive ketones (excluding diaryl/α,β-unsaturated/α-hetero) is 1. The molecular formula is C29H25F3N2O3. The van der Waals surface area contributed by atoms with Gasteiger partial charge in [-0.05, 0) is 54.3 Å². The van der Waals surface area contributed by atoms with Gasteiger partial charge in [-0.1, -0.05) is 48.5 Å². The van der Waals surface area contributed by atoms with E-state index in [-0.39, 0.29) is 29.3 Å². The fourth-order valence-corrected chi connectivity index (χ4v) is 4.62. The van der Waals surface area contributed by atoms with Crippen LogP contribution < -0.4 is 4.90 Å². The van der Waals surface area contributed by atoms with E-state index in [1.54, 1.807) is 6.20 Å². The number of aliphatic hydroxyl groups is 1. The standard InChI is InChI=1S/C29H25F3N2O3/c30-29(31,32)23-8-4-5-21(18-23)25-10-11-26(37-25)24(35)17-20-9-12-27(33-19-20)34-15-13-28(36,14-16-34)22-6-2-1-3-7-22/h1-12,18-19,36H,13-17H2. The lowest BCUT2D eigenvalue weighted by Crippen LogP contribution is -2.42. The number of halogens is 3. The number of rotatable bonds is 6. The summed E-state index contributed by atoms with van der Waals surface area (Å²) in [7, 11) is 0. The number of pyridine rings is 1. The predicted molar refractivity (Wildman–Crippen MR) is 133 cm³/mol. The molecule has 1 aliphatic rings. The normalized spacial score (nSPS) is 15.5. The summed E-state index contributed by atoms with van der Waals surface area (Å²) in [6.45, 7) is 1.31. The first-order valence-corrected chi connectivity index (χ1v) is 12.0. The number of benzene rings is 2. The van der Waals surface area contributed by atoms with Gasteiger partial charge in [0.25, 0.3) is 0 Å². The van der Waals surface area contributed by atoms with E-state index in [1.807, 2.05) is 42.5 Å². The van der Waals surface area contributed by atoms with Gasteiger partial charge in [-0.2, -0.15) is 13.2 Å². The van der Waals surface area contributed by atoms with E-state index in [0.29, 0.717) is 31.5 Å². The monoisotopic (exact) mass is 506 g/mol. The Morgan fingerprint density at radius 1 is 0.973 bits per heavy atom. The Balaban J connectivity index is 1.21. The van der Waals surface area contributed by atoms with Crippen LogP contribution in [-0.4, -0.2) is 29.0 Å². The molecule has 0 amide bonds. The fraction of sp³-hybridized carbons (Fsp3) is 0.241. The fourth-order valence-electron chi connectivity index (χ4n) is 4.62. The molecular weight excluding hydrogens is 481 g/mol. The second-order valence-electron chi connectivity index (χ2n) is 9.25. The number of carbonyl (C=O) groups excluding carboxylic acids is 1. The summed E-state index contributed by atoms with van der Waals surface area (Å²) in [6, 6.07) is 21.1. The van der Waals surface area contributed by atoms with Gasteiger partial charge in [-0.3, -0.25) is 4.79 Å². The van der Waals surface area contributed by atoms with Gasteiger partial charge >= 0.3 is 6.18 Å². The number of ketones is 1. The molecule has 190 valence electrons. The van der Waals surface area contributed by atoms with E-state index >= 15 is 0 Å². The molecule has 0 atom stereocenters. The number of piperidine rings is 1. The van der Waals surface area contributed by atoms with Gasteiger partial charge in [0.2, 0.25) is 5.78 Å². The van der Waals surface area contributed by atoms with Crippen LogP contribution in [0.1, 0.15) is 40.1 Å². The quantitative estimate of drug-likeness (QED) is 0.312. The van der Waals surface area contributed by atoms with Crippen LogP contribution in [0.15, 0.2) is 89.5 Å². The minimum atomic E-state index is -4.46. The minimum absolute atomic E-state index is 0.0522. The Morgan fingerprint density at radius 3 is 2.41 bits per heavy atom. The molecule has 0 bridgehead atoms. The molecule has 0 aliphatic carbocycles. The first kappa shape index (κ1) is 24.8. The van der Waals surface area contributed by atoms with E-state index in [9.17, 15) is 23.1 Å². The lowest BCUT2D eigenvalue weighted by atomic mass is 9.84. The maximum absolute atomic E-state index is 13.0. The lowest BCUT2D eigenvalue weighted by molar-refractivity contribution is -0.137. The smallest absolute Gasteiger partial charge is 0.416 e. The molecule has 0 unspecified atom stereocenters. The maximum Gasteiger partial charge on any atom is 0.416 e. The summed E-state index contributed by atoms with van der Waals surface area (Å²) >= 11 is 0. The average Bonchev–Trinajstić information content (AvgIpc) is 3.41. The highest BCUT2D eigenvalue weighted by atomic mass is 19.4. The summed E-state index contributed by atoms with van der Waals surface area (Å²) < 4.78 is 44.6. The molecule has 0 radical (unpaired) electrons. The number of hydrogen-bond acceptors (Lipinski definition) is 5. The van der Waals surface area contributed by atoms with Crippen LogP contribution in [0.25, 0.3) is 11.3 Å². The SMILES string of the molecule is O=C(Cc1ccc(N2CCC(O)(c3ccccc3)CC2)nc1)c1ccc(-c2cccc(C(F)(F)F)c2)o1. The van der Waals surface area contributed by atoms with Crippen LogP contribution in [0.2, 0.25) is 0 Å². The number of nitrogens with zero attached hydrogens (tertiary/aromatic N) is 2. The Labute approximate surface area is 212 Å². The third-order valence-electron chi connectivity index (χ3n) is 6.75. The molecule has 0 saturated carbocycles. The van der Waals surface area contributed by atoms with Crippen LogP contribution in [0.5, 0.6) is 0 Å². The van der Waals surface area contributed by atoms with E-state index in [4.69, 9.17) is 4.42 Å². The van der Waals surface area contributed by atoms with Gasteiger partial charge in [0.1, 0.15) is 11.6 Å². The molecule has 5 rings (SSSR count). The highest BCUT2D eigenvalue weighted by molar-refractivity contribution is 5.95. The number of aromatic nitrogens is 1. The van der Waals surface area contributed by atoms with Crippen molar-refractivity contribution in [2.24, 2.45) is 0 Å². The van der Waals surface area contributed by atoms with E-state index in [0.717, 1.165) is 23.5 Å². The third-order valence-corrected chi connectivity index (χ3v) is 6.75. The zero-order chi connectivity index (χ0) is 26.0. The van der Waals surface area contributed by atoms with Crippen molar-refractivity contribution in [3.63, 3.8) is 0 Å². The molecule has 37 heavy (non-hydrogen) atoms. The first-order valence-electron chi connectivity index (χ1n) is 12.0. The van der Waals surface area contributed by atoms with Gasteiger partial charge in [-0.25, -0.2) is 4.98 Å². The van der Waals surface area contributed by atoms with Crippen molar-refractivity contribution in [3.8, 4) is 11.3 Å². The molecule has 5 nitrogen and oxygen atoms in total. The molecule has 2 aromatic carbocycles. The Bertz CT molecular complexity index is 1370. The second kappa shape index (κ2) is 9.86. The second-order valence-corrected chi connectivity index (χ2v) is 9.25. The van der Waals surface area contributed by atoms with Gasteiger partial charge < -0.3 is 14.4 Å². The molecule has 1 aliphatic heterocycles. The zero-order valence-corrected chi connectivity index (χ0v) is 19.9. The summed E-state index contributed by atoms with van der Waals surface area (Å²) in [6.07, 6.45) is -1.59. The Kier molecular flexibility index (Phi) is 6.60. The Hall–Kier alpha value is -3.91. The van der Waals surface area contributed by atoms with Crippen molar-refractivity contribution in [2.75, 3.05) is 18.0 Å². The summed E-state index contributed by atoms with van der Waals surface area (Å²) in [5.41, 5.74) is 0.244. The number of alkyl halides is 3. The topological polar surface area (TPSA) is 66.6 Å². The minimum Gasteiger partial charge on any atom is -0.453 e. The van der Waals surface area contributed by atoms with Crippen LogP contribution in [0, 0.1) is 0 Å². The van der Waals surface area contributed by atoms with Crippen LogP contribution in [-0.2, 0) is 18.2 Å². The molecule has 4 aromatic rings. The third kappa shape index (κ3) is 5.44.